The quantitative estimate of drug-likeness (QED) is 0.671. The van der Waals surface area contributed by atoms with Gasteiger partial charge in [0.05, 0.1) is 6.10 Å². The maximum Gasteiger partial charge on any atom is 0.0541 e. The first-order chi connectivity index (χ1) is 5.95. The van der Waals surface area contributed by atoms with Crippen LogP contribution in [-0.4, -0.2) is 22.9 Å². The van der Waals surface area contributed by atoms with Crippen molar-refractivity contribution in [2.24, 2.45) is 5.41 Å². The summed E-state index contributed by atoms with van der Waals surface area (Å²) in [5.74, 6) is 0. The molecule has 13 heavy (non-hydrogen) atoms. The summed E-state index contributed by atoms with van der Waals surface area (Å²) in [4.78, 5) is 0. The Balaban J connectivity index is 3.31. The SMILES string of the molecule is CC(C)(C)CCC[C@H](O)CCCO. The minimum absolute atomic E-state index is 0.191. The first-order valence-corrected chi connectivity index (χ1v) is 5.24. The molecule has 0 unspecified atom stereocenters. The van der Waals surface area contributed by atoms with E-state index in [4.69, 9.17) is 5.11 Å². The van der Waals surface area contributed by atoms with E-state index in [1.54, 1.807) is 0 Å². The van der Waals surface area contributed by atoms with Gasteiger partial charge < -0.3 is 10.2 Å². The van der Waals surface area contributed by atoms with Gasteiger partial charge in [-0.2, -0.15) is 0 Å². The highest BCUT2D eigenvalue weighted by molar-refractivity contribution is 4.63. The van der Waals surface area contributed by atoms with Crippen LogP contribution in [-0.2, 0) is 0 Å². The zero-order valence-corrected chi connectivity index (χ0v) is 9.21. The second kappa shape index (κ2) is 6.39. The summed E-state index contributed by atoms with van der Waals surface area (Å²) in [6.45, 7) is 6.84. The van der Waals surface area contributed by atoms with E-state index in [0.29, 0.717) is 5.41 Å². The largest absolute Gasteiger partial charge is 0.396 e. The molecule has 0 spiro atoms. The normalized spacial score (nSPS) is 14.5. The van der Waals surface area contributed by atoms with E-state index in [2.05, 4.69) is 20.8 Å². The van der Waals surface area contributed by atoms with Gasteiger partial charge in [0.25, 0.3) is 0 Å². The fourth-order valence-electron chi connectivity index (χ4n) is 1.34. The van der Waals surface area contributed by atoms with Crippen molar-refractivity contribution in [1.82, 2.24) is 0 Å². The third-order valence-electron chi connectivity index (χ3n) is 2.16. The van der Waals surface area contributed by atoms with Crippen LogP contribution in [0.2, 0.25) is 0 Å². The third-order valence-corrected chi connectivity index (χ3v) is 2.16. The Kier molecular flexibility index (Phi) is 6.35. The Morgan fingerprint density at radius 2 is 1.62 bits per heavy atom. The summed E-state index contributed by atoms with van der Waals surface area (Å²) in [5, 5.41) is 18.0. The van der Waals surface area contributed by atoms with E-state index in [-0.39, 0.29) is 12.7 Å². The van der Waals surface area contributed by atoms with Crippen LogP contribution in [0.4, 0.5) is 0 Å². The molecule has 0 aliphatic carbocycles. The van der Waals surface area contributed by atoms with Gasteiger partial charge in [-0.3, -0.25) is 0 Å². The standard InChI is InChI=1S/C11H24O2/c1-11(2,3)8-4-6-10(13)7-5-9-12/h10,12-13H,4-9H2,1-3H3/t10-/m0/s1. The average molecular weight is 188 g/mol. The van der Waals surface area contributed by atoms with Crippen molar-refractivity contribution in [3.05, 3.63) is 0 Å². The van der Waals surface area contributed by atoms with Gasteiger partial charge in [-0.1, -0.05) is 27.2 Å². The fourth-order valence-corrected chi connectivity index (χ4v) is 1.34. The molecule has 0 aromatic rings. The van der Waals surface area contributed by atoms with Crippen molar-refractivity contribution in [3.63, 3.8) is 0 Å². The summed E-state index contributed by atoms with van der Waals surface area (Å²) in [7, 11) is 0. The van der Waals surface area contributed by atoms with Crippen LogP contribution in [0, 0.1) is 5.41 Å². The van der Waals surface area contributed by atoms with Gasteiger partial charge in [0.2, 0.25) is 0 Å². The van der Waals surface area contributed by atoms with E-state index in [1.807, 2.05) is 0 Å². The van der Waals surface area contributed by atoms with Gasteiger partial charge in [0.1, 0.15) is 0 Å². The molecule has 2 nitrogen and oxygen atoms in total. The van der Waals surface area contributed by atoms with E-state index >= 15 is 0 Å². The highest BCUT2D eigenvalue weighted by atomic mass is 16.3. The van der Waals surface area contributed by atoms with Crippen molar-refractivity contribution >= 4 is 0 Å². The molecular formula is C11H24O2. The van der Waals surface area contributed by atoms with Crippen molar-refractivity contribution in [3.8, 4) is 0 Å². The molecule has 0 aromatic carbocycles. The molecule has 0 radical (unpaired) electrons. The summed E-state index contributed by atoms with van der Waals surface area (Å²) >= 11 is 0. The molecule has 1 atom stereocenters. The van der Waals surface area contributed by atoms with Crippen LogP contribution in [0.15, 0.2) is 0 Å². The topological polar surface area (TPSA) is 40.5 Å². The Morgan fingerprint density at radius 3 is 2.08 bits per heavy atom. The van der Waals surface area contributed by atoms with Crippen molar-refractivity contribution < 1.29 is 10.2 Å². The molecule has 0 fully saturated rings. The van der Waals surface area contributed by atoms with Crippen LogP contribution in [0.5, 0.6) is 0 Å². The molecule has 0 amide bonds. The van der Waals surface area contributed by atoms with Gasteiger partial charge in [0.15, 0.2) is 0 Å². The fraction of sp³-hybridized carbons (Fsp3) is 1.00. The van der Waals surface area contributed by atoms with Gasteiger partial charge in [-0.05, 0) is 31.1 Å². The molecule has 0 bridgehead atoms. The van der Waals surface area contributed by atoms with Crippen LogP contribution >= 0.6 is 0 Å². The predicted molar refractivity (Wildman–Crippen MR) is 55.6 cm³/mol. The van der Waals surface area contributed by atoms with Gasteiger partial charge in [-0.25, -0.2) is 0 Å². The van der Waals surface area contributed by atoms with Crippen LogP contribution in [0.1, 0.15) is 52.9 Å². The van der Waals surface area contributed by atoms with Crippen molar-refractivity contribution in [2.45, 2.75) is 59.0 Å². The molecule has 0 saturated carbocycles. The number of aliphatic hydroxyl groups is 2. The average Bonchev–Trinajstić information content (AvgIpc) is 1.98. The van der Waals surface area contributed by atoms with Crippen LogP contribution in [0.25, 0.3) is 0 Å². The molecular weight excluding hydrogens is 164 g/mol. The van der Waals surface area contributed by atoms with E-state index < -0.39 is 0 Å². The summed E-state index contributed by atoms with van der Waals surface area (Å²) < 4.78 is 0. The second-order valence-electron chi connectivity index (χ2n) is 4.97. The zero-order chi connectivity index (χ0) is 10.3. The first kappa shape index (κ1) is 12.9. The zero-order valence-electron chi connectivity index (χ0n) is 9.21. The van der Waals surface area contributed by atoms with Gasteiger partial charge >= 0.3 is 0 Å². The maximum absolute atomic E-state index is 9.47. The van der Waals surface area contributed by atoms with Crippen LogP contribution < -0.4 is 0 Å². The molecule has 2 heteroatoms. The lowest BCUT2D eigenvalue weighted by atomic mass is 9.89. The second-order valence-corrected chi connectivity index (χ2v) is 4.97. The van der Waals surface area contributed by atoms with Gasteiger partial charge in [-0.15, -0.1) is 0 Å². The monoisotopic (exact) mass is 188 g/mol. The smallest absolute Gasteiger partial charge is 0.0541 e. The molecule has 80 valence electrons. The lowest BCUT2D eigenvalue weighted by Crippen LogP contribution is -2.10. The molecule has 0 aliphatic heterocycles. The minimum atomic E-state index is -0.213. The number of hydrogen-bond acceptors (Lipinski definition) is 2. The highest BCUT2D eigenvalue weighted by Crippen LogP contribution is 2.22. The molecule has 2 N–H and O–H groups in total. The van der Waals surface area contributed by atoms with E-state index in [1.165, 1.54) is 0 Å². The van der Waals surface area contributed by atoms with E-state index in [0.717, 1.165) is 32.1 Å². The maximum atomic E-state index is 9.47. The van der Waals surface area contributed by atoms with Gasteiger partial charge in [0, 0.05) is 6.61 Å². The Morgan fingerprint density at radius 1 is 1.08 bits per heavy atom. The number of aliphatic hydroxyl groups excluding tert-OH is 2. The van der Waals surface area contributed by atoms with Crippen LogP contribution in [0.3, 0.4) is 0 Å². The summed E-state index contributed by atoms with van der Waals surface area (Å²) in [6.07, 6.45) is 4.35. The number of hydrogen-bond donors (Lipinski definition) is 2. The molecule has 0 aromatic heterocycles. The molecule has 0 heterocycles. The summed E-state index contributed by atoms with van der Waals surface area (Å²) in [6, 6.07) is 0. The third kappa shape index (κ3) is 9.84. The van der Waals surface area contributed by atoms with E-state index in [9.17, 15) is 5.11 Å². The molecule has 0 aliphatic rings. The Hall–Kier alpha value is -0.0800. The number of rotatable bonds is 6. The van der Waals surface area contributed by atoms with Crippen molar-refractivity contribution in [2.75, 3.05) is 6.61 Å². The first-order valence-electron chi connectivity index (χ1n) is 5.24. The Bertz CT molecular complexity index is 116. The summed E-state index contributed by atoms with van der Waals surface area (Å²) in [5.41, 5.74) is 0.372. The Labute approximate surface area is 82.0 Å². The molecule has 0 rings (SSSR count). The predicted octanol–water partition coefficient (Wildman–Crippen LogP) is 2.34. The van der Waals surface area contributed by atoms with Crippen molar-refractivity contribution in [1.29, 1.82) is 0 Å². The molecule has 0 saturated heterocycles. The lowest BCUT2D eigenvalue weighted by Gasteiger charge is -2.18. The highest BCUT2D eigenvalue weighted by Gasteiger charge is 2.11. The lowest BCUT2D eigenvalue weighted by molar-refractivity contribution is 0.134. The minimum Gasteiger partial charge on any atom is -0.396 e.